The predicted molar refractivity (Wildman–Crippen MR) is 123 cm³/mol. The normalized spacial score (nSPS) is 13.6. The van der Waals surface area contributed by atoms with Crippen molar-refractivity contribution < 1.29 is 18.3 Å². The number of nitrogens with zero attached hydrogens (tertiary/aromatic N) is 4. The number of aryl methyl sites for hydroxylation is 1. The first-order valence-electron chi connectivity index (χ1n) is 10.6. The van der Waals surface area contributed by atoms with E-state index in [0.717, 1.165) is 24.8 Å². The van der Waals surface area contributed by atoms with Gasteiger partial charge in [-0.3, -0.25) is 0 Å². The molecule has 0 amide bonds. The number of aromatic nitrogens is 3. The Morgan fingerprint density at radius 3 is 2.79 bits per heavy atom. The van der Waals surface area contributed by atoms with Gasteiger partial charge in [0.05, 0.1) is 18.7 Å². The maximum Gasteiger partial charge on any atom is 0.242 e. The van der Waals surface area contributed by atoms with Crippen molar-refractivity contribution in [2.45, 2.75) is 6.92 Å². The fourth-order valence-electron chi connectivity index (χ4n) is 3.89. The summed E-state index contributed by atoms with van der Waals surface area (Å²) in [7, 11) is 0. The first kappa shape index (κ1) is 21.6. The SMILES string of the molecule is Cc1cc2c(F)c(Oc3ncnc(Nc4cccc(N5CCOCC5)c4)c3C#N)cc(F)c2[nH]1. The highest BCUT2D eigenvalue weighted by Gasteiger charge is 2.20. The molecule has 5 rings (SSSR count). The quantitative estimate of drug-likeness (QED) is 0.440. The van der Waals surface area contributed by atoms with Crippen LogP contribution < -0.4 is 15.0 Å². The van der Waals surface area contributed by atoms with Gasteiger partial charge >= 0.3 is 0 Å². The van der Waals surface area contributed by atoms with Crippen molar-refractivity contribution in [2.24, 2.45) is 0 Å². The standard InChI is InChI=1S/C24H20F2N6O2/c1-14-9-17-21(26)20(11-19(25)22(17)30-14)34-24-18(12-27)23(28-13-29-24)31-15-3-2-4-16(10-15)32-5-7-33-8-6-32/h2-4,9-11,13,30H,5-8H2,1H3,(H,28,29,31). The minimum Gasteiger partial charge on any atom is -0.434 e. The van der Waals surface area contributed by atoms with E-state index in [1.165, 1.54) is 12.4 Å². The van der Waals surface area contributed by atoms with E-state index in [0.29, 0.717) is 24.6 Å². The summed E-state index contributed by atoms with van der Waals surface area (Å²) in [4.78, 5) is 13.1. The first-order valence-corrected chi connectivity index (χ1v) is 10.6. The molecule has 4 aromatic rings. The molecular weight excluding hydrogens is 442 g/mol. The van der Waals surface area contributed by atoms with Gasteiger partial charge in [-0.05, 0) is 31.2 Å². The van der Waals surface area contributed by atoms with Gasteiger partial charge < -0.3 is 24.7 Å². The van der Waals surface area contributed by atoms with E-state index in [2.05, 4.69) is 25.2 Å². The van der Waals surface area contributed by atoms with Crippen LogP contribution in [0.25, 0.3) is 10.9 Å². The molecule has 8 nitrogen and oxygen atoms in total. The molecule has 0 atom stereocenters. The lowest BCUT2D eigenvalue weighted by molar-refractivity contribution is 0.122. The Morgan fingerprint density at radius 1 is 1.18 bits per heavy atom. The third-order valence-corrected chi connectivity index (χ3v) is 5.52. The van der Waals surface area contributed by atoms with Crippen molar-refractivity contribution in [3.8, 4) is 17.7 Å². The van der Waals surface area contributed by atoms with Crippen LogP contribution in [0.3, 0.4) is 0 Å². The number of benzene rings is 2. The van der Waals surface area contributed by atoms with Crippen LogP contribution in [-0.4, -0.2) is 41.3 Å². The second kappa shape index (κ2) is 8.96. The van der Waals surface area contributed by atoms with Crippen molar-refractivity contribution >= 4 is 28.1 Å². The Hall–Kier alpha value is -4.23. The molecule has 2 aromatic heterocycles. The molecule has 3 heterocycles. The van der Waals surface area contributed by atoms with Gasteiger partial charge in [0.1, 0.15) is 12.4 Å². The summed E-state index contributed by atoms with van der Waals surface area (Å²) in [5.74, 6) is -1.80. The van der Waals surface area contributed by atoms with E-state index >= 15 is 0 Å². The number of anilines is 3. The van der Waals surface area contributed by atoms with E-state index in [1.54, 1.807) is 6.92 Å². The summed E-state index contributed by atoms with van der Waals surface area (Å²) >= 11 is 0. The number of hydrogen-bond donors (Lipinski definition) is 2. The summed E-state index contributed by atoms with van der Waals surface area (Å²) in [6.45, 7) is 4.59. The summed E-state index contributed by atoms with van der Waals surface area (Å²) in [5.41, 5.74) is 2.32. The molecule has 1 fully saturated rings. The average Bonchev–Trinajstić information content (AvgIpc) is 3.26. The zero-order valence-corrected chi connectivity index (χ0v) is 18.2. The Bertz CT molecular complexity index is 1410. The highest BCUT2D eigenvalue weighted by atomic mass is 19.1. The van der Waals surface area contributed by atoms with Crippen LogP contribution >= 0.6 is 0 Å². The smallest absolute Gasteiger partial charge is 0.242 e. The van der Waals surface area contributed by atoms with E-state index in [-0.39, 0.29) is 33.9 Å². The third-order valence-electron chi connectivity index (χ3n) is 5.52. The molecular formula is C24H20F2N6O2. The molecule has 0 spiro atoms. The monoisotopic (exact) mass is 462 g/mol. The summed E-state index contributed by atoms with van der Waals surface area (Å²) in [6.07, 6.45) is 1.19. The number of nitriles is 1. The lowest BCUT2D eigenvalue weighted by atomic mass is 10.2. The molecule has 0 aliphatic carbocycles. The number of rotatable bonds is 5. The number of halogens is 2. The fourth-order valence-corrected chi connectivity index (χ4v) is 3.89. The van der Waals surface area contributed by atoms with Crippen LogP contribution in [0.15, 0.2) is 42.7 Å². The molecule has 0 bridgehead atoms. The lowest BCUT2D eigenvalue weighted by Gasteiger charge is -2.29. The minimum absolute atomic E-state index is 0.0376. The first-order chi connectivity index (χ1) is 16.5. The summed E-state index contributed by atoms with van der Waals surface area (Å²) < 4.78 is 40.4. The highest BCUT2D eigenvalue weighted by Crippen LogP contribution is 2.34. The second-order valence-corrected chi connectivity index (χ2v) is 7.80. The topological polar surface area (TPSA) is 99.1 Å². The van der Waals surface area contributed by atoms with Crippen LogP contribution in [0, 0.1) is 29.9 Å². The van der Waals surface area contributed by atoms with Gasteiger partial charge in [-0.2, -0.15) is 5.26 Å². The van der Waals surface area contributed by atoms with E-state index in [4.69, 9.17) is 9.47 Å². The molecule has 1 aliphatic rings. The van der Waals surface area contributed by atoms with E-state index in [1.807, 2.05) is 30.3 Å². The van der Waals surface area contributed by atoms with Crippen molar-refractivity contribution in [1.82, 2.24) is 15.0 Å². The van der Waals surface area contributed by atoms with Gasteiger partial charge in [-0.15, -0.1) is 0 Å². The largest absolute Gasteiger partial charge is 0.434 e. The van der Waals surface area contributed by atoms with Gasteiger partial charge in [0, 0.05) is 41.6 Å². The predicted octanol–water partition coefficient (Wildman–Crippen LogP) is 4.79. The van der Waals surface area contributed by atoms with Gasteiger partial charge in [0.15, 0.2) is 28.8 Å². The number of H-pyrrole nitrogens is 1. The maximum absolute atomic E-state index is 15.0. The third kappa shape index (κ3) is 4.09. The van der Waals surface area contributed by atoms with Crippen molar-refractivity contribution in [2.75, 3.05) is 36.5 Å². The number of hydrogen-bond acceptors (Lipinski definition) is 7. The lowest BCUT2D eigenvalue weighted by Crippen LogP contribution is -2.36. The fraction of sp³-hybridized carbons (Fsp3) is 0.208. The van der Waals surface area contributed by atoms with E-state index < -0.39 is 11.6 Å². The second-order valence-electron chi connectivity index (χ2n) is 7.80. The van der Waals surface area contributed by atoms with E-state index in [9.17, 15) is 14.0 Å². The van der Waals surface area contributed by atoms with Gasteiger partial charge in [0.2, 0.25) is 5.88 Å². The molecule has 34 heavy (non-hydrogen) atoms. The number of nitrogens with one attached hydrogen (secondary N) is 2. The molecule has 0 unspecified atom stereocenters. The Morgan fingerprint density at radius 2 is 2.00 bits per heavy atom. The van der Waals surface area contributed by atoms with Crippen LogP contribution in [0.5, 0.6) is 11.6 Å². The van der Waals surface area contributed by atoms with Crippen molar-refractivity contribution in [1.29, 1.82) is 5.26 Å². The molecule has 0 saturated carbocycles. The molecule has 2 N–H and O–H groups in total. The number of aromatic amines is 1. The Labute approximate surface area is 193 Å². The van der Waals surface area contributed by atoms with Gasteiger partial charge in [-0.1, -0.05) is 6.07 Å². The number of fused-ring (bicyclic) bond motifs is 1. The summed E-state index contributed by atoms with van der Waals surface area (Å²) in [6, 6.07) is 12.1. The molecule has 10 heteroatoms. The number of ether oxygens (including phenoxy) is 2. The van der Waals surface area contributed by atoms with Gasteiger partial charge in [0.25, 0.3) is 0 Å². The van der Waals surface area contributed by atoms with Crippen molar-refractivity contribution in [3.63, 3.8) is 0 Å². The van der Waals surface area contributed by atoms with Crippen LogP contribution in [0.2, 0.25) is 0 Å². The zero-order chi connectivity index (χ0) is 23.7. The van der Waals surface area contributed by atoms with Gasteiger partial charge in [-0.25, -0.2) is 18.7 Å². The zero-order valence-electron chi connectivity index (χ0n) is 18.2. The van der Waals surface area contributed by atoms with Crippen molar-refractivity contribution in [3.05, 3.63) is 65.6 Å². The summed E-state index contributed by atoms with van der Waals surface area (Å²) in [5, 5.41) is 12.9. The maximum atomic E-state index is 15.0. The van der Waals surface area contributed by atoms with Crippen LogP contribution in [0.1, 0.15) is 11.3 Å². The van der Waals surface area contributed by atoms with Crippen LogP contribution in [-0.2, 0) is 4.74 Å². The molecule has 2 aromatic carbocycles. The Kier molecular flexibility index (Phi) is 5.69. The Balaban J connectivity index is 1.45. The molecule has 1 saturated heterocycles. The highest BCUT2D eigenvalue weighted by molar-refractivity contribution is 5.83. The minimum atomic E-state index is -0.754. The molecule has 172 valence electrons. The molecule has 0 radical (unpaired) electrons. The average molecular weight is 462 g/mol. The molecule has 1 aliphatic heterocycles. The van der Waals surface area contributed by atoms with Crippen LogP contribution in [0.4, 0.5) is 26.0 Å². The number of morpholine rings is 1.